The fraction of sp³-hybridized carbons (Fsp3) is 0.160. The maximum absolute atomic E-state index is 13.3. The molecule has 30 heavy (non-hydrogen) atoms. The summed E-state index contributed by atoms with van der Waals surface area (Å²) in [6.45, 7) is 4.05. The molecule has 0 aliphatic carbocycles. The molecule has 3 aromatic carbocycles. The zero-order valence-electron chi connectivity index (χ0n) is 16.8. The molecule has 4 nitrogen and oxygen atoms in total. The molecule has 1 aliphatic rings. The number of carbonyl (C=O) groups is 1. The third-order valence-electron chi connectivity index (χ3n) is 5.21. The van der Waals surface area contributed by atoms with Crippen LogP contribution in [0.1, 0.15) is 27.8 Å². The highest BCUT2D eigenvalue weighted by atomic mass is 35.5. The van der Waals surface area contributed by atoms with Crippen molar-refractivity contribution < 1.29 is 14.7 Å². The van der Waals surface area contributed by atoms with Crippen LogP contribution in [0.3, 0.4) is 0 Å². The van der Waals surface area contributed by atoms with Crippen LogP contribution in [0.25, 0.3) is 5.57 Å². The molecule has 0 fully saturated rings. The summed E-state index contributed by atoms with van der Waals surface area (Å²) in [6, 6.07) is 22.2. The number of benzene rings is 3. The van der Waals surface area contributed by atoms with E-state index in [4.69, 9.17) is 16.4 Å². The van der Waals surface area contributed by atoms with E-state index in [2.05, 4.69) is 0 Å². The minimum absolute atomic E-state index is 0.154. The van der Waals surface area contributed by atoms with Crippen molar-refractivity contribution in [1.82, 2.24) is 5.06 Å². The average molecular weight is 420 g/mol. The fourth-order valence-corrected chi connectivity index (χ4v) is 3.83. The zero-order chi connectivity index (χ0) is 21.3. The summed E-state index contributed by atoms with van der Waals surface area (Å²) in [4.78, 5) is 19.2. The third kappa shape index (κ3) is 3.77. The molecular formula is C25H22ClNO3. The Labute approximate surface area is 180 Å². The molecular weight excluding hydrogens is 398 g/mol. The van der Waals surface area contributed by atoms with Gasteiger partial charge in [-0.15, -0.1) is 0 Å². The number of nitrogens with zero attached hydrogens (tertiary/aromatic N) is 1. The zero-order valence-corrected chi connectivity index (χ0v) is 17.6. The van der Waals surface area contributed by atoms with Crippen molar-refractivity contribution in [2.24, 2.45) is 0 Å². The van der Waals surface area contributed by atoms with Gasteiger partial charge in [-0.25, -0.2) is 0 Å². The van der Waals surface area contributed by atoms with E-state index in [9.17, 15) is 9.90 Å². The first-order valence-electron chi connectivity index (χ1n) is 9.69. The van der Waals surface area contributed by atoms with E-state index < -0.39 is 11.6 Å². The SMILES string of the molecule is Cc1ccc(C2(O)C=C(c3ccc(Cl)cc3)C(=O)N2OCc2ccccc2)c(C)c1. The molecule has 1 atom stereocenters. The molecule has 3 aromatic rings. The van der Waals surface area contributed by atoms with E-state index in [1.54, 1.807) is 30.3 Å². The van der Waals surface area contributed by atoms with Gasteiger partial charge in [0.15, 0.2) is 0 Å². The second-order valence-electron chi connectivity index (χ2n) is 7.47. The average Bonchev–Trinajstić information content (AvgIpc) is 2.98. The van der Waals surface area contributed by atoms with Crippen molar-refractivity contribution >= 4 is 23.1 Å². The first-order valence-corrected chi connectivity index (χ1v) is 10.1. The molecule has 0 bridgehead atoms. The summed E-state index contributed by atoms with van der Waals surface area (Å²) in [6.07, 6.45) is 1.56. The van der Waals surface area contributed by atoms with E-state index in [1.165, 1.54) is 0 Å². The molecule has 152 valence electrons. The van der Waals surface area contributed by atoms with Crippen molar-refractivity contribution in [1.29, 1.82) is 0 Å². The molecule has 1 unspecified atom stereocenters. The van der Waals surface area contributed by atoms with Gasteiger partial charge in [0.25, 0.3) is 5.91 Å². The van der Waals surface area contributed by atoms with Gasteiger partial charge in [0.1, 0.15) is 6.61 Å². The van der Waals surface area contributed by atoms with Gasteiger partial charge in [-0.2, -0.15) is 5.06 Å². The Hall–Kier alpha value is -2.92. The third-order valence-corrected chi connectivity index (χ3v) is 5.46. The molecule has 0 saturated heterocycles. The number of aliphatic hydroxyl groups is 1. The van der Waals surface area contributed by atoms with E-state index in [1.807, 2.05) is 62.4 Å². The minimum atomic E-state index is -1.72. The van der Waals surface area contributed by atoms with Crippen LogP contribution in [0.15, 0.2) is 78.9 Å². The Morgan fingerprint density at radius 2 is 1.70 bits per heavy atom. The van der Waals surface area contributed by atoms with Gasteiger partial charge in [0, 0.05) is 10.6 Å². The standard InChI is InChI=1S/C25H22ClNO3/c1-17-8-13-23(18(2)14-17)25(29)15-22(20-9-11-21(26)12-10-20)24(28)27(25)30-16-19-6-4-3-5-7-19/h3-15,29H,16H2,1-2H3. The number of carbonyl (C=O) groups excluding carboxylic acids is 1. The summed E-state index contributed by atoms with van der Waals surface area (Å²) in [5.41, 5.74) is 2.74. The maximum Gasteiger partial charge on any atom is 0.281 e. The molecule has 0 radical (unpaired) electrons. The van der Waals surface area contributed by atoms with Crippen LogP contribution in [0.2, 0.25) is 5.02 Å². The highest BCUT2D eigenvalue weighted by Crippen LogP contribution is 2.41. The molecule has 0 aromatic heterocycles. The number of hydrogen-bond donors (Lipinski definition) is 1. The Kier molecular flexibility index (Phi) is 5.48. The lowest BCUT2D eigenvalue weighted by molar-refractivity contribution is -0.262. The number of rotatable bonds is 5. The van der Waals surface area contributed by atoms with Crippen molar-refractivity contribution in [3.8, 4) is 0 Å². The monoisotopic (exact) mass is 419 g/mol. The van der Waals surface area contributed by atoms with Crippen LogP contribution < -0.4 is 0 Å². The van der Waals surface area contributed by atoms with Crippen molar-refractivity contribution in [2.45, 2.75) is 26.2 Å². The van der Waals surface area contributed by atoms with E-state index in [-0.39, 0.29) is 6.61 Å². The van der Waals surface area contributed by atoms with E-state index in [0.29, 0.717) is 21.7 Å². The topological polar surface area (TPSA) is 49.8 Å². The van der Waals surface area contributed by atoms with E-state index in [0.717, 1.165) is 21.8 Å². The molecule has 1 aliphatic heterocycles. The summed E-state index contributed by atoms with van der Waals surface area (Å²) in [5, 5.41) is 13.4. The van der Waals surface area contributed by atoms with Crippen LogP contribution in [0, 0.1) is 13.8 Å². The van der Waals surface area contributed by atoms with Gasteiger partial charge in [0.2, 0.25) is 5.72 Å². The first-order chi connectivity index (χ1) is 14.4. The normalized spacial score (nSPS) is 18.6. The smallest absolute Gasteiger partial charge is 0.281 e. The molecule has 5 heteroatoms. The number of halogens is 1. The van der Waals surface area contributed by atoms with Crippen LogP contribution in [-0.4, -0.2) is 16.1 Å². The molecule has 1 heterocycles. The minimum Gasteiger partial charge on any atom is -0.362 e. The van der Waals surface area contributed by atoms with Crippen LogP contribution in [-0.2, 0) is 22.0 Å². The van der Waals surface area contributed by atoms with Crippen molar-refractivity contribution in [3.63, 3.8) is 0 Å². The fourth-order valence-electron chi connectivity index (χ4n) is 3.71. The molecule has 4 rings (SSSR count). The highest BCUT2D eigenvalue weighted by Gasteiger charge is 2.47. The molecule has 0 saturated carbocycles. The largest absolute Gasteiger partial charge is 0.362 e. The Morgan fingerprint density at radius 1 is 1.00 bits per heavy atom. The van der Waals surface area contributed by atoms with Gasteiger partial charge in [-0.1, -0.05) is 77.8 Å². The summed E-state index contributed by atoms with van der Waals surface area (Å²) < 4.78 is 0. The number of hydroxylamine groups is 2. The highest BCUT2D eigenvalue weighted by molar-refractivity contribution is 6.30. The number of hydrogen-bond acceptors (Lipinski definition) is 3. The number of aryl methyl sites for hydroxylation is 2. The van der Waals surface area contributed by atoms with Gasteiger partial charge in [0.05, 0.1) is 5.57 Å². The summed E-state index contributed by atoms with van der Waals surface area (Å²) in [7, 11) is 0. The Morgan fingerprint density at radius 3 is 2.37 bits per heavy atom. The van der Waals surface area contributed by atoms with Gasteiger partial charge >= 0.3 is 0 Å². The maximum atomic E-state index is 13.3. The quantitative estimate of drug-likeness (QED) is 0.621. The van der Waals surface area contributed by atoms with Gasteiger partial charge < -0.3 is 5.11 Å². The van der Waals surface area contributed by atoms with Crippen LogP contribution in [0.5, 0.6) is 0 Å². The van der Waals surface area contributed by atoms with Crippen LogP contribution >= 0.6 is 11.6 Å². The second kappa shape index (κ2) is 8.07. The lowest BCUT2D eigenvalue weighted by atomic mass is 9.95. The summed E-state index contributed by atoms with van der Waals surface area (Å²) in [5.74, 6) is -0.407. The first kappa shape index (κ1) is 20.4. The predicted octanol–water partition coefficient (Wildman–Crippen LogP) is 5.16. The van der Waals surface area contributed by atoms with Crippen LogP contribution in [0.4, 0.5) is 0 Å². The Balaban J connectivity index is 1.76. The molecule has 0 spiro atoms. The summed E-state index contributed by atoms with van der Waals surface area (Å²) >= 11 is 6.00. The van der Waals surface area contributed by atoms with Gasteiger partial charge in [-0.3, -0.25) is 9.63 Å². The second-order valence-corrected chi connectivity index (χ2v) is 7.90. The van der Waals surface area contributed by atoms with E-state index >= 15 is 0 Å². The Bertz CT molecular complexity index is 1110. The lowest BCUT2D eigenvalue weighted by Gasteiger charge is -2.33. The number of amides is 1. The van der Waals surface area contributed by atoms with Crippen molar-refractivity contribution in [3.05, 3.63) is 112 Å². The van der Waals surface area contributed by atoms with Gasteiger partial charge in [-0.05, 0) is 48.7 Å². The lowest BCUT2D eigenvalue weighted by Crippen LogP contribution is -2.44. The molecule has 1 N–H and O–H groups in total. The predicted molar refractivity (Wildman–Crippen MR) is 117 cm³/mol. The van der Waals surface area contributed by atoms with Crippen molar-refractivity contribution in [2.75, 3.05) is 0 Å². The molecule has 1 amide bonds.